The van der Waals surface area contributed by atoms with Gasteiger partial charge in [0, 0.05) is 25.0 Å². The van der Waals surface area contributed by atoms with Gasteiger partial charge in [0.1, 0.15) is 12.6 Å². The average Bonchev–Trinajstić information content (AvgIpc) is 2.99. The summed E-state index contributed by atoms with van der Waals surface area (Å²) in [5, 5.41) is 3.23. The van der Waals surface area contributed by atoms with Crippen LogP contribution in [0.4, 0.5) is 5.69 Å². The number of nitrogens with one attached hydrogen (secondary N) is 1. The molecule has 0 heterocycles. The van der Waals surface area contributed by atoms with Crippen molar-refractivity contribution in [3.63, 3.8) is 0 Å². The first-order chi connectivity index (χ1) is 20.1. The van der Waals surface area contributed by atoms with Gasteiger partial charge in [-0.2, -0.15) is 0 Å². The fourth-order valence-electron chi connectivity index (χ4n) is 4.70. The van der Waals surface area contributed by atoms with Gasteiger partial charge in [0.15, 0.2) is 0 Å². The monoisotopic (exact) mass is 603 g/mol. The van der Waals surface area contributed by atoms with Crippen molar-refractivity contribution in [2.45, 2.75) is 37.8 Å². The Morgan fingerprint density at radius 3 is 2.05 bits per heavy atom. The number of anilines is 1. The van der Waals surface area contributed by atoms with E-state index < -0.39 is 28.5 Å². The van der Waals surface area contributed by atoms with E-state index in [0.29, 0.717) is 16.3 Å². The van der Waals surface area contributed by atoms with Gasteiger partial charge >= 0.3 is 0 Å². The van der Waals surface area contributed by atoms with Crippen molar-refractivity contribution in [3.05, 3.63) is 130 Å². The molecule has 4 aromatic carbocycles. The molecule has 0 bridgehead atoms. The molecule has 1 N–H and O–H groups in total. The fourth-order valence-corrected chi connectivity index (χ4v) is 6.31. The van der Waals surface area contributed by atoms with Crippen LogP contribution in [0.25, 0.3) is 0 Å². The van der Waals surface area contributed by atoms with Crippen molar-refractivity contribution in [2.75, 3.05) is 17.9 Å². The predicted molar refractivity (Wildman–Crippen MR) is 167 cm³/mol. The number of rotatable bonds is 11. The van der Waals surface area contributed by atoms with Crippen LogP contribution < -0.4 is 9.62 Å². The number of para-hydroxylation sites is 1. The zero-order valence-corrected chi connectivity index (χ0v) is 25.4. The summed E-state index contributed by atoms with van der Waals surface area (Å²) in [7, 11) is -2.62. The van der Waals surface area contributed by atoms with E-state index in [2.05, 4.69) is 5.32 Å². The summed E-state index contributed by atoms with van der Waals surface area (Å²) in [6, 6.07) is 29.0. The van der Waals surface area contributed by atoms with E-state index in [9.17, 15) is 18.0 Å². The Bertz CT molecular complexity index is 1630. The quantitative estimate of drug-likeness (QED) is 0.244. The molecule has 0 aromatic heterocycles. The lowest BCUT2D eigenvalue weighted by molar-refractivity contribution is -0.139. The molecule has 2 amide bonds. The van der Waals surface area contributed by atoms with Crippen molar-refractivity contribution in [3.8, 4) is 0 Å². The van der Waals surface area contributed by atoms with Crippen molar-refractivity contribution in [2.24, 2.45) is 0 Å². The molecule has 0 saturated heterocycles. The molecular formula is C33H34ClN3O4S. The maximum absolute atomic E-state index is 14.3. The zero-order valence-electron chi connectivity index (χ0n) is 23.8. The van der Waals surface area contributed by atoms with Gasteiger partial charge in [-0.05, 0) is 60.9 Å². The van der Waals surface area contributed by atoms with Crippen molar-refractivity contribution in [1.29, 1.82) is 0 Å². The fraction of sp³-hybridized carbons (Fsp3) is 0.212. The van der Waals surface area contributed by atoms with Crippen LogP contribution in [0.1, 0.15) is 22.3 Å². The Hall–Kier alpha value is -4.14. The zero-order chi connectivity index (χ0) is 30.3. The standard InChI is InChI=1S/C33H34ClN3O4S/c1-24-13-19-29(20-14-24)42(40,41)37(30-12-8-7-9-25(30)2)23-32(38)36(22-27-15-17-28(34)18-16-27)31(33(39)35-3)21-26-10-5-4-6-11-26/h4-20,31H,21-23H2,1-3H3,(H,35,39)/t31-/m1/s1. The summed E-state index contributed by atoms with van der Waals surface area (Å²) in [6.07, 6.45) is 0.245. The van der Waals surface area contributed by atoms with E-state index in [0.717, 1.165) is 21.0 Å². The van der Waals surface area contributed by atoms with Gasteiger partial charge in [0.25, 0.3) is 10.0 Å². The van der Waals surface area contributed by atoms with Crippen LogP contribution >= 0.6 is 11.6 Å². The lowest BCUT2D eigenvalue weighted by atomic mass is 10.0. The maximum atomic E-state index is 14.3. The minimum atomic E-state index is -4.14. The number of hydrogen-bond donors (Lipinski definition) is 1. The Morgan fingerprint density at radius 2 is 1.43 bits per heavy atom. The van der Waals surface area contributed by atoms with Gasteiger partial charge in [-0.3, -0.25) is 13.9 Å². The van der Waals surface area contributed by atoms with Crippen LogP contribution in [0.2, 0.25) is 5.02 Å². The van der Waals surface area contributed by atoms with Crippen LogP contribution in [0, 0.1) is 13.8 Å². The minimum Gasteiger partial charge on any atom is -0.357 e. The molecule has 0 aliphatic carbocycles. The number of likely N-dealkylation sites (N-methyl/N-ethyl adjacent to an activating group) is 1. The summed E-state index contributed by atoms with van der Waals surface area (Å²) in [4.78, 5) is 29.1. The highest BCUT2D eigenvalue weighted by Gasteiger charge is 2.34. The van der Waals surface area contributed by atoms with E-state index in [-0.39, 0.29) is 23.8 Å². The third kappa shape index (κ3) is 7.38. The number of carbonyl (C=O) groups excluding carboxylic acids is 2. The van der Waals surface area contributed by atoms with Gasteiger partial charge < -0.3 is 10.2 Å². The van der Waals surface area contributed by atoms with E-state index >= 15 is 0 Å². The molecule has 4 rings (SSSR count). The van der Waals surface area contributed by atoms with Gasteiger partial charge in [0.2, 0.25) is 11.8 Å². The van der Waals surface area contributed by atoms with Crippen LogP contribution in [0.3, 0.4) is 0 Å². The number of carbonyl (C=O) groups is 2. The molecule has 9 heteroatoms. The third-order valence-electron chi connectivity index (χ3n) is 7.06. The predicted octanol–water partition coefficient (Wildman–Crippen LogP) is 5.54. The van der Waals surface area contributed by atoms with Gasteiger partial charge in [-0.15, -0.1) is 0 Å². The van der Waals surface area contributed by atoms with E-state index in [1.807, 2.05) is 43.3 Å². The summed E-state index contributed by atoms with van der Waals surface area (Å²) in [5.74, 6) is -0.876. The molecule has 4 aromatic rings. The van der Waals surface area contributed by atoms with Gasteiger partial charge in [-0.25, -0.2) is 8.42 Å². The largest absolute Gasteiger partial charge is 0.357 e. The second-order valence-electron chi connectivity index (χ2n) is 10.1. The highest BCUT2D eigenvalue weighted by atomic mass is 35.5. The Morgan fingerprint density at radius 1 is 0.810 bits per heavy atom. The molecule has 0 saturated carbocycles. The van der Waals surface area contributed by atoms with Crippen molar-refractivity contribution in [1.82, 2.24) is 10.2 Å². The molecule has 0 aliphatic rings. The normalized spacial score (nSPS) is 11.9. The second-order valence-corrected chi connectivity index (χ2v) is 12.4. The van der Waals surface area contributed by atoms with Crippen LogP contribution in [0.15, 0.2) is 108 Å². The topological polar surface area (TPSA) is 86.8 Å². The Kier molecular flexibility index (Phi) is 10.0. The first-order valence-electron chi connectivity index (χ1n) is 13.5. The molecule has 218 valence electrons. The SMILES string of the molecule is CNC(=O)[C@@H](Cc1ccccc1)N(Cc1ccc(Cl)cc1)C(=O)CN(c1ccccc1C)S(=O)(=O)c1ccc(C)cc1. The molecule has 0 aliphatic heterocycles. The molecule has 0 radical (unpaired) electrons. The molecule has 0 fully saturated rings. The maximum Gasteiger partial charge on any atom is 0.264 e. The number of hydrogen-bond acceptors (Lipinski definition) is 4. The van der Waals surface area contributed by atoms with Crippen LogP contribution in [0.5, 0.6) is 0 Å². The molecular weight excluding hydrogens is 570 g/mol. The highest BCUT2D eigenvalue weighted by molar-refractivity contribution is 7.92. The summed E-state index contributed by atoms with van der Waals surface area (Å²) in [5.41, 5.74) is 3.60. The lowest BCUT2D eigenvalue weighted by Crippen LogP contribution is -2.53. The lowest BCUT2D eigenvalue weighted by Gasteiger charge is -2.34. The third-order valence-corrected chi connectivity index (χ3v) is 9.08. The number of aryl methyl sites for hydroxylation is 2. The van der Waals surface area contributed by atoms with Gasteiger partial charge in [-0.1, -0.05) is 90.0 Å². The number of halogens is 1. The van der Waals surface area contributed by atoms with Gasteiger partial charge in [0.05, 0.1) is 10.6 Å². The Labute approximate surface area is 252 Å². The first kappa shape index (κ1) is 30.8. The first-order valence-corrected chi connectivity index (χ1v) is 15.4. The molecule has 0 spiro atoms. The molecule has 0 unspecified atom stereocenters. The van der Waals surface area contributed by atoms with E-state index in [4.69, 9.17) is 11.6 Å². The van der Waals surface area contributed by atoms with Crippen LogP contribution in [-0.2, 0) is 32.6 Å². The number of benzene rings is 4. The highest BCUT2D eigenvalue weighted by Crippen LogP contribution is 2.28. The smallest absolute Gasteiger partial charge is 0.264 e. The number of nitrogens with zero attached hydrogens (tertiary/aromatic N) is 2. The Balaban J connectivity index is 1.79. The summed E-state index contributed by atoms with van der Waals surface area (Å²) < 4.78 is 29.3. The molecule has 7 nitrogen and oxygen atoms in total. The van der Waals surface area contributed by atoms with Crippen LogP contribution in [-0.4, -0.2) is 44.8 Å². The van der Waals surface area contributed by atoms with Crippen molar-refractivity contribution < 1.29 is 18.0 Å². The summed E-state index contributed by atoms with van der Waals surface area (Å²) in [6.45, 7) is 3.25. The minimum absolute atomic E-state index is 0.0699. The van der Waals surface area contributed by atoms with Crippen molar-refractivity contribution >= 4 is 39.1 Å². The second kappa shape index (κ2) is 13.7. The molecule has 1 atom stereocenters. The average molecular weight is 604 g/mol. The number of amides is 2. The van der Waals surface area contributed by atoms with E-state index in [1.54, 1.807) is 61.5 Å². The van der Waals surface area contributed by atoms with E-state index in [1.165, 1.54) is 24.1 Å². The number of sulfonamides is 1. The summed E-state index contributed by atoms with van der Waals surface area (Å²) >= 11 is 6.11. The molecule has 42 heavy (non-hydrogen) atoms.